The zero-order chi connectivity index (χ0) is 77.4. The van der Waals surface area contributed by atoms with Gasteiger partial charge in [-0.1, -0.05) is 309 Å². The van der Waals surface area contributed by atoms with E-state index in [9.17, 15) is 43.2 Å². The molecule has 0 rings (SSSR count). The van der Waals surface area contributed by atoms with Gasteiger partial charge in [0.2, 0.25) is 0 Å². The fourth-order valence-corrected chi connectivity index (χ4v) is 12.4. The van der Waals surface area contributed by atoms with Crippen LogP contribution in [0.25, 0.3) is 0 Å². The molecule has 0 fully saturated rings. The number of aliphatic hydroxyl groups is 1. The van der Waals surface area contributed by atoms with Gasteiger partial charge in [0.1, 0.15) is 19.3 Å². The molecular weight excluding hydrogens is 1380 g/mol. The van der Waals surface area contributed by atoms with Gasteiger partial charge in [-0.15, -0.1) is 0 Å². The van der Waals surface area contributed by atoms with Gasteiger partial charge < -0.3 is 33.8 Å². The van der Waals surface area contributed by atoms with Crippen LogP contribution < -0.4 is 0 Å². The smallest absolute Gasteiger partial charge is 0.462 e. The lowest BCUT2D eigenvalue weighted by atomic mass is 10.0. The lowest BCUT2D eigenvalue weighted by molar-refractivity contribution is -0.161. The summed E-state index contributed by atoms with van der Waals surface area (Å²) in [5.74, 6) is -2.30. The molecule has 0 amide bonds. The molecule has 0 aromatic heterocycles. The molecule has 0 bridgehead atoms. The zero-order valence-corrected chi connectivity index (χ0v) is 68.4. The molecular formula is C87H148O17P2. The molecule has 19 heteroatoms. The molecule has 0 aromatic carbocycles. The summed E-state index contributed by atoms with van der Waals surface area (Å²) in [6.07, 6.45) is 88.6. The highest BCUT2D eigenvalue weighted by atomic mass is 31.2. The molecule has 0 radical (unpaired) electrons. The van der Waals surface area contributed by atoms with Crippen molar-refractivity contribution in [3.8, 4) is 0 Å². The van der Waals surface area contributed by atoms with E-state index in [1.165, 1.54) is 109 Å². The predicted octanol–water partition coefficient (Wildman–Crippen LogP) is 24.4. The van der Waals surface area contributed by atoms with Crippen LogP contribution in [-0.4, -0.2) is 96.7 Å². The van der Waals surface area contributed by atoms with Crippen LogP contribution in [0.15, 0.2) is 134 Å². The topological polar surface area (TPSA) is 237 Å². The predicted molar refractivity (Wildman–Crippen MR) is 436 cm³/mol. The van der Waals surface area contributed by atoms with Gasteiger partial charge >= 0.3 is 39.5 Å². The van der Waals surface area contributed by atoms with Crippen molar-refractivity contribution in [3.05, 3.63) is 134 Å². The Morgan fingerprint density at radius 3 is 0.858 bits per heavy atom. The number of esters is 4. The van der Waals surface area contributed by atoms with E-state index in [1.54, 1.807) is 0 Å². The minimum atomic E-state index is -5.00. The van der Waals surface area contributed by atoms with Gasteiger partial charge in [0.05, 0.1) is 26.4 Å². The van der Waals surface area contributed by atoms with Crippen molar-refractivity contribution in [2.75, 3.05) is 39.6 Å². The van der Waals surface area contributed by atoms with Crippen LogP contribution >= 0.6 is 15.6 Å². The number of allylic oxidation sites excluding steroid dienone is 22. The summed E-state index contributed by atoms with van der Waals surface area (Å²) in [7, 11) is -10.00. The molecule has 106 heavy (non-hydrogen) atoms. The Hall–Kier alpha value is -4.80. The molecule has 0 aliphatic rings. The van der Waals surface area contributed by atoms with Crippen LogP contribution in [0.2, 0.25) is 0 Å². The number of carbonyl (C=O) groups is 4. The van der Waals surface area contributed by atoms with E-state index in [0.29, 0.717) is 32.1 Å². The van der Waals surface area contributed by atoms with E-state index in [1.807, 2.05) is 18.2 Å². The molecule has 0 heterocycles. The molecule has 5 atom stereocenters. The summed E-state index contributed by atoms with van der Waals surface area (Å²) in [6.45, 7) is 4.62. The average molecular weight is 1530 g/mol. The summed E-state index contributed by atoms with van der Waals surface area (Å²) < 4.78 is 68.6. The minimum absolute atomic E-state index is 0.0297. The van der Waals surface area contributed by atoms with Crippen molar-refractivity contribution in [2.45, 2.75) is 354 Å². The van der Waals surface area contributed by atoms with Gasteiger partial charge in [-0.05, 0) is 135 Å². The number of hydrogen-bond acceptors (Lipinski definition) is 15. The van der Waals surface area contributed by atoms with Crippen molar-refractivity contribution in [2.24, 2.45) is 0 Å². The Bertz CT molecular complexity index is 2530. The fraction of sp³-hybridized carbons (Fsp3) is 0.701. The Balaban J connectivity index is 5.47. The molecule has 608 valence electrons. The standard InChI is InChI=1S/C87H148O17P2/c1-5-9-13-17-21-25-29-33-36-38-40-42-45-49-53-57-61-65-69-73-86(91)103-82(77-97-84(89)71-67-63-59-55-51-47-32-28-24-20-16-12-8-4)79-101-105(93,94)99-75-81(88)76-100-106(95,96)102-80-83(78-98-85(90)72-68-64-60-56-52-48-44-35-31-27-23-19-15-11-7-3)104-87(92)74-70-66-62-58-54-50-46-43-41-39-37-34-30-26-22-18-14-10-6-2/h10,14,21-22,25-27,31,33-34,36-37,40-43,49-50,53-54,61,65,81-83,88H,5-9,11-13,15-20,23-24,28-30,32,35,38-39,44-48,51-52,55-60,62-64,66-80H2,1-4H3,(H,93,94)(H,95,96)/b14-10-,25-21-,26-22-,31-27-,36-33-,37-34-,42-40-,43-41-,53-49-,54-50-,65-61-/t81-,82+,83+/m0/s1. The second-order valence-electron chi connectivity index (χ2n) is 27.3. The van der Waals surface area contributed by atoms with E-state index in [0.717, 1.165) is 141 Å². The quantitative estimate of drug-likeness (QED) is 0.0169. The van der Waals surface area contributed by atoms with E-state index < -0.39 is 97.5 Å². The van der Waals surface area contributed by atoms with Crippen LogP contribution in [-0.2, 0) is 65.4 Å². The third-order valence-corrected chi connectivity index (χ3v) is 19.0. The first-order chi connectivity index (χ1) is 51.7. The normalized spacial score (nSPS) is 14.5. The van der Waals surface area contributed by atoms with E-state index in [4.69, 9.17) is 37.0 Å². The number of unbranched alkanes of at least 4 members (excludes halogenated alkanes) is 29. The highest BCUT2D eigenvalue weighted by Crippen LogP contribution is 2.45. The second-order valence-corrected chi connectivity index (χ2v) is 30.2. The number of carbonyl (C=O) groups excluding carboxylic acids is 4. The molecule has 2 unspecified atom stereocenters. The molecule has 0 aromatic rings. The number of rotatable bonds is 77. The molecule has 0 saturated carbocycles. The minimum Gasteiger partial charge on any atom is -0.462 e. The van der Waals surface area contributed by atoms with Crippen LogP contribution in [0.4, 0.5) is 0 Å². The summed E-state index contributed by atoms with van der Waals surface area (Å²) in [6, 6.07) is 0. The van der Waals surface area contributed by atoms with Crippen LogP contribution in [0.1, 0.15) is 336 Å². The molecule has 0 aliphatic carbocycles. The van der Waals surface area contributed by atoms with Gasteiger partial charge in [-0.2, -0.15) is 0 Å². The summed E-state index contributed by atoms with van der Waals surface area (Å²) in [5.41, 5.74) is 0. The molecule has 0 spiro atoms. The SMILES string of the molecule is CC/C=C\C/C=C\C/C=C\C/C=C\C/C=C\CCCCCC(=O)O[C@H](COC(=O)CCCCCCCCC/C=C\CCCCCC)COP(=O)(O)OC[C@@H](O)COP(=O)(O)OC[C@@H](COC(=O)CCCCCCCCCCCCCCC)OC(=O)CC/C=C\C/C=C\C/C=C\C/C=C\C/C=C\CCCCC. The van der Waals surface area contributed by atoms with Crippen molar-refractivity contribution >= 4 is 39.5 Å². The Labute approximate surface area is 644 Å². The largest absolute Gasteiger partial charge is 0.472 e. The first-order valence-corrected chi connectivity index (χ1v) is 44.4. The van der Waals surface area contributed by atoms with Crippen LogP contribution in [0, 0.1) is 0 Å². The van der Waals surface area contributed by atoms with Crippen LogP contribution in [0.3, 0.4) is 0 Å². The summed E-state index contributed by atoms with van der Waals surface area (Å²) in [4.78, 5) is 73.1. The Kier molecular flexibility index (Phi) is 74.8. The number of ether oxygens (including phenoxy) is 4. The summed E-state index contributed by atoms with van der Waals surface area (Å²) in [5, 5.41) is 10.7. The maximum Gasteiger partial charge on any atom is 0.472 e. The first kappa shape index (κ1) is 101. The first-order valence-electron chi connectivity index (χ1n) is 41.4. The maximum absolute atomic E-state index is 13.1. The number of aliphatic hydroxyl groups excluding tert-OH is 1. The zero-order valence-electron chi connectivity index (χ0n) is 66.6. The highest BCUT2D eigenvalue weighted by Gasteiger charge is 2.30. The van der Waals surface area contributed by atoms with Gasteiger partial charge in [0.25, 0.3) is 0 Å². The van der Waals surface area contributed by atoms with Gasteiger partial charge in [0.15, 0.2) is 12.2 Å². The van der Waals surface area contributed by atoms with Crippen molar-refractivity contribution < 1.29 is 80.2 Å². The van der Waals surface area contributed by atoms with Gasteiger partial charge in [0, 0.05) is 25.7 Å². The lowest BCUT2D eigenvalue weighted by Crippen LogP contribution is -2.30. The third kappa shape index (κ3) is 77.4. The summed E-state index contributed by atoms with van der Waals surface area (Å²) >= 11 is 0. The van der Waals surface area contributed by atoms with Gasteiger partial charge in [-0.3, -0.25) is 37.3 Å². The third-order valence-electron chi connectivity index (χ3n) is 17.1. The molecule has 0 saturated heterocycles. The van der Waals surface area contributed by atoms with Crippen molar-refractivity contribution in [1.82, 2.24) is 0 Å². The Morgan fingerprint density at radius 2 is 0.509 bits per heavy atom. The number of phosphoric ester groups is 2. The van der Waals surface area contributed by atoms with Crippen molar-refractivity contribution in [3.63, 3.8) is 0 Å². The lowest BCUT2D eigenvalue weighted by Gasteiger charge is -2.21. The molecule has 0 aliphatic heterocycles. The van der Waals surface area contributed by atoms with E-state index >= 15 is 0 Å². The maximum atomic E-state index is 13.1. The number of phosphoric acid groups is 2. The fourth-order valence-electron chi connectivity index (χ4n) is 10.8. The van der Waals surface area contributed by atoms with Gasteiger partial charge in [-0.25, -0.2) is 9.13 Å². The Morgan fingerprint density at radius 1 is 0.274 bits per heavy atom. The van der Waals surface area contributed by atoms with E-state index in [2.05, 4.69) is 143 Å². The average Bonchev–Trinajstić information content (AvgIpc) is 1.23. The second kappa shape index (κ2) is 78.3. The van der Waals surface area contributed by atoms with E-state index in [-0.39, 0.29) is 25.7 Å². The number of hydrogen-bond donors (Lipinski definition) is 3. The van der Waals surface area contributed by atoms with Crippen LogP contribution in [0.5, 0.6) is 0 Å². The molecule has 17 nitrogen and oxygen atoms in total. The van der Waals surface area contributed by atoms with Crippen molar-refractivity contribution in [1.29, 1.82) is 0 Å². The monoisotopic (exact) mass is 1530 g/mol. The highest BCUT2D eigenvalue weighted by molar-refractivity contribution is 7.47. The molecule has 3 N–H and O–H groups in total.